The van der Waals surface area contributed by atoms with Crippen LogP contribution in [0.5, 0.6) is 5.88 Å². The fraction of sp³-hybridized carbons (Fsp3) is 0.636. The van der Waals surface area contributed by atoms with Gasteiger partial charge in [-0.25, -0.2) is 4.98 Å². The number of ether oxygens (including phenoxy) is 1. The summed E-state index contributed by atoms with van der Waals surface area (Å²) >= 11 is 0. The van der Waals surface area contributed by atoms with E-state index in [9.17, 15) is 15.0 Å². The van der Waals surface area contributed by atoms with Gasteiger partial charge in [-0.3, -0.25) is 4.79 Å². The molecule has 0 radical (unpaired) electrons. The third kappa shape index (κ3) is 4.89. The number of pyridine rings is 1. The highest BCUT2D eigenvalue weighted by molar-refractivity contribution is 5.97. The summed E-state index contributed by atoms with van der Waals surface area (Å²) in [5, 5.41) is 23.2. The molecular weight excluding hydrogens is 370 g/mol. The van der Waals surface area contributed by atoms with Crippen molar-refractivity contribution in [3.05, 3.63) is 23.4 Å². The van der Waals surface area contributed by atoms with Crippen LogP contribution in [0.15, 0.2) is 12.3 Å². The Labute approximate surface area is 172 Å². The quantitative estimate of drug-likeness (QED) is 0.656. The van der Waals surface area contributed by atoms with Crippen molar-refractivity contribution in [2.24, 2.45) is 5.92 Å². The summed E-state index contributed by atoms with van der Waals surface area (Å²) in [6.45, 7) is 4.83. The lowest BCUT2D eigenvalue weighted by Gasteiger charge is -2.36. The maximum absolute atomic E-state index is 13.3. The number of likely N-dealkylation sites (N-methyl/N-ethyl adjacent to an activating group) is 1. The maximum atomic E-state index is 13.3. The van der Waals surface area contributed by atoms with Crippen LogP contribution in [0.2, 0.25) is 0 Å². The maximum Gasteiger partial charge on any atom is 0.259 e. The molecule has 0 saturated heterocycles. The minimum absolute atomic E-state index is 0.0615. The molecule has 29 heavy (non-hydrogen) atoms. The van der Waals surface area contributed by atoms with E-state index in [1.54, 1.807) is 17.2 Å². The first-order valence-corrected chi connectivity index (χ1v) is 10.4. The Bertz CT molecular complexity index is 795. The molecule has 2 aliphatic rings. The minimum Gasteiger partial charge on any atom is -0.472 e. The van der Waals surface area contributed by atoms with E-state index < -0.39 is 5.60 Å². The van der Waals surface area contributed by atoms with Crippen LogP contribution in [0.3, 0.4) is 0 Å². The van der Waals surface area contributed by atoms with Crippen LogP contribution < -0.4 is 10.1 Å². The topological polar surface area (TPSA) is 94.9 Å². The zero-order valence-corrected chi connectivity index (χ0v) is 17.4. The number of nitrogens with zero attached hydrogens (tertiary/aromatic N) is 2. The molecule has 3 N–H and O–H groups in total. The second-order valence-electron chi connectivity index (χ2n) is 8.25. The molecule has 1 fully saturated rings. The van der Waals surface area contributed by atoms with Gasteiger partial charge in [-0.1, -0.05) is 18.8 Å². The van der Waals surface area contributed by atoms with Crippen molar-refractivity contribution >= 4 is 5.91 Å². The number of rotatable bonds is 4. The van der Waals surface area contributed by atoms with E-state index in [0.717, 1.165) is 12.8 Å². The van der Waals surface area contributed by atoms with E-state index >= 15 is 0 Å². The molecule has 0 aromatic carbocycles. The Morgan fingerprint density at radius 1 is 1.45 bits per heavy atom. The molecule has 0 spiro atoms. The van der Waals surface area contributed by atoms with Gasteiger partial charge < -0.3 is 25.2 Å². The average Bonchev–Trinajstić information content (AvgIpc) is 3.15. The highest BCUT2D eigenvalue weighted by Crippen LogP contribution is 2.29. The number of aliphatic hydroxyl groups excluding tert-OH is 1. The first-order chi connectivity index (χ1) is 13.9. The number of aromatic nitrogens is 1. The predicted molar refractivity (Wildman–Crippen MR) is 110 cm³/mol. The third-order valence-electron chi connectivity index (χ3n) is 5.80. The first-order valence-electron chi connectivity index (χ1n) is 10.4. The van der Waals surface area contributed by atoms with Crippen LogP contribution in [-0.4, -0.2) is 70.5 Å². The lowest BCUT2D eigenvalue weighted by molar-refractivity contribution is 0.0404. The smallest absolute Gasteiger partial charge is 0.259 e. The molecule has 158 valence electrons. The lowest BCUT2D eigenvalue weighted by Crippen LogP contribution is -2.49. The van der Waals surface area contributed by atoms with Crippen molar-refractivity contribution in [2.75, 3.05) is 26.7 Å². The van der Waals surface area contributed by atoms with Gasteiger partial charge in [0, 0.05) is 30.8 Å². The van der Waals surface area contributed by atoms with Crippen LogP contribution in [0.25, 0.3) is 0 Å². The van der Waals surface area contributed by atoms with Crippen molar-refractivity contribution in [3.8, 4) is 17.7 Å². The number of nitrogens with one attached hydrogen (secondary N) is 1. The van der Waals surface area contributed by atoms with Crippen LogP contribution in [0.4, 0.5) is 0 Å². The summed E-state index contributed by atoms with van der Waals surface area (Å²) in [7, 11) is 1.86. The van der Waals surface area contributed by atoms with E-state index in [4.69, 9.17) is 4.74 Å². The Morgan fingerprint density at radius 2 is 2.17 bits per heavy atom. The van der Waals surface area contributed by atoms with Crippen molar-refractivity contribution in [2.45, 2.75) is 57.3 Å². The largest absolute Gasteiger partial charge is 0.472 e. The fourth-order valence-corrected chi connectivity index (χ4v) is 3.89. The summed E-state index contributed by atoms with van der Waals surface area (Å²) in [6.07, 6.45) is 4.71. The van der Waals surface area contributed by atoms with E-state index in [-0.39, 0.29) is 36.5 Å². The number of hydrogen-bond donors (Lipinski definition) is 3. The Balaban J connectivity index is 1.98. The molecule has 2 heterocycles. The monoisotopic (exact) mass is 401 g/mol. The zero-order valence-electron chi connectivity index (χ0n) is 17.4. The first kappa shape index (κ1) is 21.6. The van der Waals surface area contributed by atoms with Crippen LogP contribution >= 0.6 is 0 Å². The molecule has 1 aliphatic heterocycles. The molecule has 1 saturated carbocycles. The van der Waals surface area contributed by atoms with Gasteiger partial charge in [-0.15, -0.1) is 0 Å². The summed E-state index contributed by atoms with van der Waals surface area (Å²) in [6, 6.07) is 1.36. The van der Waals surface area contributed by atoms with Gasteiger partial charge in [0.15, 0.2) is 0 Å². The fourth-order valence-electron chi connectivity index (χ4n) is 3.89. The van der Waals surface area contributed by atoms with Crippen molar-refractivity contribution < 1.29 is 19.7 Å². The Hall–Kier alpha value is -2.14. The van der Waals surface area contributed by atoms with Gasteiger partial charge in [0.25, 0.3) is 5.91 Å². The highest BCUT2D eigenvalue weighted by Gasteiger charge is 2.33. The van der Waals surface area contributed by atoms with Gasteiger partial charge in [-0.05, 0) is 45.7 Å². The van der Waals surface area contributed by atoms with Gasteiger partial charge in [-0.2, -0.15) is 0 Å². The van der Waals surface area contributed by atoms with E-state index in [1.165, 1.54) is 0 Å². The summed E-state index contributed by atoms with van der Waals surface area (Å²) in [4.78, 5) is 19.3. The molecule has 3 rings (SSSR count). The van der Waals surface area contributed by atoms with E-state index in [0.29, 0.717) is 37.1 Å². The van der Waals surface area contributed by atoms with Gasteiger partial charge in [0.1, 0.15) is 17.3 Å². The molecule has 7 nitrogen and oxygen atoms in total. The second-order valence-corrected chi connectivity index (χ2v) is 8.25. The molecule has 0 unspecified atom stereocenters. The normalized spacial score (nSPS) is 24.6. The number of carbonyl (C=O) groups is 1. The van der Waals surface area contributed by atoms with Crippen molar-refractivity contribution in [1.82, 2.24) is 15.2 Å². The SMILES string of the molecule is CNC[C@@H]1Oc2ncc(C#CC3(O)CCCC3)cc2C(=O)N([C@@H](C)CO)C[C@@H]1C. The lowest BCUT2D eigenvalue weighted by atomic mass is 10.00. The molecule has 7 heteroatoms. The van der Waals surface area contributed by atoms with Crippen molar-refractivity contribution in [1.29, 1.82) is 0 Å². The predicted octanol–water partition coefficient (Wildman–Crippen LogP) is 1.18. The van der Waals surface area contributed by atoms with Gasteiger partial charge in [0.05, 0.1) is 12.6 Å². The average molecular weight is 402 g/mol. The van der Waals surface area contributed by atoms with Crippen LogP contribution in [0, 0.1) is 17.8 Å². The van der Waals surface area contributed by atoms with E-state index in [1.807, 2.05) is 20.9 Å². The Kier molecular flexibility index (Phi) is 6.78. The number of carbonyl (C=O) groups excluding carboxylic acids is 1. The Morgan fingerprint density at radius 3 is 2.83 bits per heavy atom. The molecule has 0 bridgehead atoms. The standard InChI is InChI=1S/C22H31N3O4/c1-15-13-25(16(2)14-26)21(27)18-10-17(6-9-22(28)7-4-5-8-22)11-24-20(18)29-19(15)12-23-3/h10-11,15-16,19,23,26,28H,4-5,7-8,12-14H2,1-3H3/t15-,16-,19-/m0/s1. The molecule has 1 aliphatic carbocycles. The van der Waals surface area contributed by atoms with Gasteiger partial charge in [0.2, 0.25) is 5.88 Å². The molecule has 3 atom stereocenters. The van der Waals surface area contributed by atoms with Crippen LogP contribution in [-0.2, 0) is 0 Å². The van der Waals surface area contributed by atoms with Crippen LogP contribution in [0.1, 0.15) is 55.5 Å². The molecule has 1 amide bonds. The summed E-state index contributed by atoms with van der Waals surface area (Å²) in [5.41, 5.74) is -0.0462. The summed E-state index contributed by atoms with van der Waals surface area (Å²) < 4.78 is 6.09. The number of amides is 1. The van der Waals surface area contributed by atoms with Gasteiger partial charge >= 0.3 is 0 Å². The zero-order chi connectivity index (χ0) is 21.0. The number of aliphatic hydroxyl groups is 2. The summed E-state index contributed by atoms with van der Waals surface area (Å²) in [5.74, 6) is 6.05. The number of fused-ring (bicyclic) bond motifs is 1. The molecular formula is C22H31N3O4. The third-order valence-corrected chi connectivity index (χ3v) is 5.80. The highest BCUT2D eigenvalue weighted by atomic mass is 16.5. The van der Waals surface area contributed by atoms with E-state index in [2.05, 4.69) is 22.1 Å². The molecule has 1 aromatic heterocycles. The number of hydrogen-bond acceptors (Lipinski definition) is 6. The second kappa shape index (κ2) is 9.12. The molecule has 1 aromatic rings. The minimum atomic E-state index is -0.949. The van der Waals surface area contributed by atoms with Crippen molar-refractivity contribution in [3.63, 3.8) is 0 Å².